The Kier molecular flexibility index (Phi) is 20.2. The zero-order valence-corrected chi connectivity index (χ0v) is 26.9. The fourth-order valence-corrected chi connectivity index (χ4v) is 4.55. The number of nitrogens with zero attached hydrogens (tertiary/aromatic N) is 1. The van der Waals surface area contributed by atoms with E-state index in [9.17, 15) is 14.4 Å². The summed E-state index contributed by atoms with van der Waals surface area (Å²) in [5, 5.41) is 8.04. The molecule has 2 aromatic carbocycles. The van der Waals surface area contributed by atoms with Gasteiger partial charge in [-0.3, -0.25) is 9.69 Å². The molecule has 234 valence electrons. The van der Waals surface area contributed by atoms with Gasteiger partial charge in [-0.15, -0.1) is 23.2 Å². The van der Waals surface area contributed by atoms with Gasteiger partial charge in [-0.1, -0.05) is 57.0 Å². The van der Waals surface area contributed by atoms with Crippen molar-refractivity contribution >= 4 is 46.9 Å². The number of amides is 1. The number of alkyl halides is 2. The van der Waals surface area contributed by atoms with Crippen LogP contribution in [0.4, 0.5) is 10.5 Å². The number of aliphatic carboxylic acids is 1. The number of unbranched alkanes of at least 4 members (excludes halogenated alkanes) is 2. The molecule has 0 unspecified atom stereocenters. The van der Waals surface area contributed by atoms with Crippen LogP contribution in [-0.2, 0) is 33.5 Å². The van der Waals surface area contributed by atoms with E-state index in [0.29, 0.717) is 69.2 Å². The number of aryl methyl sites for hydroxylation is 1. The van der Waals surface area contributed by atoms with Gasteiger partial charge in [-0.2, -0.15) is 0 Å². The average molecular weight is 625 g/mol. The first-order valence-electron chi connectivity index (χ1n) is 15.0. The number of carboxylic acids is 1. The van der Waals surface area contributed by atoms with Gasteiger partial charge in [-0.25, -0.2) is 9.59 Å². The summed E-state index contributed by atoms with van der Waals surface area (Å²) in [6.45, 7) is 6.91. The number of carboxylic acid groups (broad SMARTS) is 1. The zero-order chi connectivity index (χ0) is 31.2. The minimum atomic E-state index is -0.693. The molecule has 1 amide bonds. The number of halogens is 2. The van der Waals surface area contributed by atoms with Crippen LogP contribution in [0, 0.1) is 0 Å². The van der Waals surface area contributed by atoms with Crippen molar-refractivity contribution in [2.75, 3.05) is 36.4 Å². The summed E-state index contributed by atoms with van der Waals surface area (Å²) in [6.07, 6.45) is 6.80. The Morgan fingerprint density at radius 2 is 1.48 bits per heavy atom. The number of carbonyl (C=O) groups is 3. The van der Waals surface area contributed by atoms with E-state index in [1.165, 1.54) is 5.56 Å². The van der Waals surface area contributed by atoms with E-state index < -0.39 is 12.1 Å². The van der Waals surface area contributed by atoms with Crippen LogP contribution in [0.2, 0.25) is 0 Å². The van der Waals surface area contributed by atoms with Crippen molar-refractivity contribution in [1.82, 2.24) is 0 Å². The Balaban J connectivity index is 0.00000112. The summed E-state index contributed by atoms with van der Waals surface area (Å²) >= 11 is 12.1. The molecule has 9 heteroatoms. The molecule has 2 aromatic rings. The lowest BCUT2D eigenvalue weighted by molar-refractivity contribution is -0.137. The second-order valence-corrected chi connectivity index (χ2v) is 10.5. The number of hydrogen-bond acceptors (Lipinski definition) is 5. The number of carbonyl (C=O) groups excluding carboxylic acids is 2. The summed E-state index contributed by atoms with van der Waals surface area (Å²) < 4.78 is 10.9. The molecule has 0 saturated carbocycles. The monoisotopic (exact) mass is 623 g/mol. The SMILES string of the molecule is CCCCC(=O)O.CCCCOC(=O)N(CCCCl)c1ccc(C(=O)OCC)c(CCc2ccccc2)c1CCCCl. The van der Waals surface area contributed by atoms with Crippen LogP contribution < -0.4 is 4.90 Å². The topological polar surface area (TPSA) is 93.1 Å². The maximum atomic E-state index is 13.1. The molecule has 42 heavy (non-hydrogen) atoms. The van der Waals surface area contributed by atoms with E-state index in [1.54, 1.807) is 17.9 Å². The molecule has 7 nitrogen and oxygen atoms in total. The van der Waals surface area contributed by atoms with Gasteiger partial charge >= 0.3 is 18.0 Å². The van der Waals surface area contributed by atoms with Gasteiger partial charge in [0.1, 0.15) is 0 Å². The Morgan fingerprint density at radius 3 is 2.05 bits per heavy atom. The van der Waals surface area contributed by atoms with Crippen LogP contribution in [0.5, 0.6) is 0 Å². The molecule has 0 atom stereocenters. The van der Waals surface area contributed by atoms with Gasteiger partial charge in [0.25, 0.3) is 0 Å². The van der Waals surface area contributed by atoms with Crippen molar-refractivity contribution in [3.05, 3.63) is 64.7 Å². The number of esters is 1. The molecule has 0 spiro atoms. The normalized spacial score (nSPS) is 10.4. The average Bonchev–Trinajstić information content (AvgIpc) is 2.99. The lowest BCUT2D eigenvalue weighted by Gasteiger charge is -2.27. The van der Waals surface area contributed by atoms with E-state index in [4.69, 9.17) is 37.8 Å². The summed E-state index contributed by atoms with van der Waals surface area (Å²) in [4.78, 5) is 37.4. The van der Waals surface area contributed by atoms with Gasteiger partial charge in [0.15, 0.2) is 0 Å². The van der Waals surface area contributed by atoms with Gasteiger partial charge in [0.05, 0.1) is 24.5 Å². The van der Waals surface area contributed by atoms with Gasteiger partial charge < -0.3 is 14.6 Å². The first kappa shape index (κ1) is 37.3. The van der Waals surface area contributed by atoms with Gasteiger partial charge in [0, 0.05) is 24.7 Å². The van der Waals surface area contributed by atoms with Crippen molar-refractivity contribution in [3.63, 3.8) is 0 Å². The summed E-state index contributed by atoms with van der Waals surface area (Å²) in [6, 6.07) is 13.7. The molecule has 0 bridgehead atoms. The fraction of sp³-hybridized carbons (Fsp3) is 0.545. The molecule has 1 N–H and O–H groups in total. The minimum absolute atomic E-state index is 0.293. The Labute approximate surface area is 261 Å². The highest BCUT2D eigenvalue weighted by Crippen LogP contribution is 2.31. The predicted octanol–water partition coefficient (Wildman–Crippen LogP) is 8.45. The molecule has 0 radical (unpaired) electrons. The van der Waals surface area contributed by atoms with Crippen molar-refractivity contribution in [3.8, 4) is 0 Å². The van der Waals surface area contributed by atoms with Crippen molar-refractivity contribution in [1.29, 1.82) is 0 Å². The summed E-state index contributed by atoms with van der Waals surface area (Å²) in [5.41, 5.74) is 4.29. The highest BCUT2D eigenvalue weighted by molar-refractivity contribution is 6.18. The standard InChI is InChI=1S/C28H37Cl2NO4.C5H10O2/c1-3-5-21-35-28(33)31(20-10-19-30)26-17-16-25(27(32)34-4-2)23(24(26)13-9-18-29)15-14-22-11-7-6-8-12-22;1-2-3-4-5(6)7/h6-8,11-12,16-17H,3-5,9-10,13-15,18-21H2,1-2H3;2-4H2,1H3,(H,6,7). The van der Waals surface area contributed by atoms with E-state index in [-0.39, 0.29) is 5.97 Å². The Hall–Kier alpha value is -2.77. The largest absolute Gasteiger partial charge is 0.481 e. The highest BCUT2D eigenvalue weighted by atomic mass is 35.5. The van der Waals surface area contributed by atoms with Crippen LogP contribution in [0.3, 0.4) is 0 Å². The van der Waals surface area contributed by atoms with E-state index >= 15 is 0 Å². The van der Waals surface area contributed by atoms with Crippen molar-refractivity contribution in [2.45, 2.75) is 85.0 Å². The molecule has 0 aliphatic rings. The first-order valence-corrected chi connectivity index (χ1v) is 16.0. The molecule has 0 aliphatic heterocycles. The molecule has 0 saturated heterocycles. The number of rotatable bonds is 18. The zero-order valence-electron chi connectivity index (χ0n) is 25.3. The highest BCUT2D eigenvalue weighted by Gasteiger charge is 2.25. The summed E-state index contributed by atoms with van der Waals surface area (Å²) in [7, 11) is 0. The summed E-state index contributed by atoms with van der Waals surface area (Å²) in [5.74, 6) is -0.143. The lowest BCUT2D eigenvalue weighted by atomic mass is 9.91. The van der Waals surface area contributed by atoms with Crippen LogP contribution in [0.15, 0.2) is 42.5 Å². The van der Waals surface area contributed by atoms with E-state index in [2.05, 4.69) is 19.1 Å². The molecular formula is C33H47Cl2NO6. The maximum absolute atomic E-state index is 13.1. The number of ether oxygens (including phenoxy) is 2. The van der Waals surface area contributed by atoms with E-state index in [0.717, 1.165) is 48.9 Å². The van der Waals surface area contributed by atoms with Crippen LogP contribution >= 0.6 is 23.2 Å². The van der Waals surface area contributed by atoms with Gasteiger partial charge in [0.2, 0.25) is 0 Å². The fourth-order valence-electron chi connectivity index (χ4n) is 4.29. The number of hydrogen-bond donors (Lipinski definition) is 1. The maximum Gasteiger partial charge on any atom is 0.414 e. The van der Waals surface area contributed by atoms with Crippen LogP contribution in [0.25, 0.3) is 0 Å². The van der Waals surface area contributed by atoms with E-state index in [1.807, 2.05) is 31.2 Å². The minimum Gasteiger partial charge on any atom is -0.481 e. The smallest absolute Gasteiger partial charge is 0.414 e. The molecular weight excluding hydrogens is 577 g/mol. The second-order valence-electron chi connectivity index (χ2n) is 9.75. The number of benzene rings is 2. The first-order chi connectivity index (χ1) is 20.3. The van der Waals surface area contributed by atoms with Gasteiger partial charge in [-0.05, 0) is 80.7 Å². The lowest BCUT2D eigenvalue weighted by Crippen LogP contribution is -2.34. The molecule has 0 fully saturated rings. The Bertz CT molecular complexity index is 1060. The van der Waals surface area contributed by atoms with Crippen LogP contribution in [-0.4, -0.2) is 54.7 Å². The quantitative estimate of drug-likeness (QED) is 0.102. The van der Waals surface area contributed by atoms with Crippen molar-refractivity contribution < 1.29 is 29.0 Å². The number of anilines is 1. The molecule has 0 aliphatic carbocycles. The third kappa shape index (κ3) is 13.9. The third-order valence-electron chi connectivity index (χ3n) is 6.46. The molecule has 2 rings (SSSR count). The Morgan fingerprint density at radius 1 is 0.786 bits per heavy atom. The predicted molar refractivity (Wildman–Crippen MR) is 171 cm³/mol. The van der Waals surface area contributed by atoms with Crippen molar-refractivity contribution in [2.24, 2.45) is 0 Å². The molecule has 0 heterocycles. The van der Waals surface area contributed by atoms with Crippen LogP contribution in [0.1, 0.15) is 92.8 Å². The third-order valence-corrected chi connectivity index (χ3v) is 7.00. The molecule has 0 aromatic heterocycles. The second kappa shape index (κ2) is 22.8.